The van der Waals surface area contributed by atoms with Gasteiger partial charge in [0.05, 0.1) is 5.69 Å². The van der Waals surface area contributed by atoms with Gasteiger partial charge in [-0.05, 0) is 58.2 Å². The molecule has 2 amide bonds. The first-order valence-electron chi connectivity index (χ1n) is 7.01. The van der Waals surface area contributed by atoms with Crippen LogP contribution in [0, 0.1) is 6.92 Å². The summed E-state index contributed by atoms with van der Waals surface area (Å²) in [5.74, 6) is -0.691. The van der Waals surface area contributed by atoms with E-state index in [2.05, 4.69) is 26.6 Å². The first-order chi connectivity index (χ1) is 10.9. The average molecular weight is 396 g/mol. The van der Waals surface area contributed by atoms with E-state index in [4.69, 9.17) is 11.6 Å². The van der Waals surface area contributed by atoms with Crippen LogP contribution in [0.1, 0.15) is 17.5 Å². The van der Waals surface area contributed by atoms with Crippen LogP contribution in [0.2, 0.25) is 5.02 Å². The van der Waals surface area contributed by atoms with E-state index in [9.17, 15) is 9.59 Å². The normalized spacial score (nSPS) is 10.2. The second-order valence-corrected chi connectivity index (χ2v) is 6.40. The predicted molar refractivity (Wildman–Crippen MR) is 95.4 cm³/mol. The van der Waals surface area contributed by atoms with Crippen molar-refractivity contribution in [3.05, 3.63) is 63.1 Å². The summed E-state index contributed by atoms with van der Waals surface area (Å²) in [5, 5.41) is 6.06. The topological polar surface area (TPSA) is 58.2 Å². The van der Waals surface area contributed by atoms with Crippen molar-refractivity contribution >= 4 is 45.0 Å². The van der Waals surface area contributed by atoms with Crippen molar-refractivity contribution in [2.75, 3.05) is 5.32 Å². The molecule has 0 saturated heterocycles. The van der Waals surface area contributed by atoms with Gasteiger partial charge in [0.1, 0.15) is 6.42 Å². The lowest BCUT2D eigenvalue weighted by Gasteiger charge is -2.09. The maximum Gasteiger partial charge on any atom is 0.233 e. The van der Waals surface area contributed by atoms with Crippen LogP contribution in [-0.4, -0.2) is 11.8 Å². The third-order valence-electron chi connectivity index (χ3n) is 3.12. The molecule has 0 unspecified atom stereocenters. The van der Waals surface area contributed by atoms with E-state index in [0.717, 1.165) is 15.6 Å². The molecule has 120 valence electrons. The van der Waals surface area contributed by atoms with Crippen molar-refractivity contribution in [3.8, 4) is 0 Å². The second kappa shape index (κ2) is 8.13. The predicted octanol–water partition coefficient (Wildman–Crippen LogP) is 4.06. The van der Waals surface area contributed by atoms with Crippen LogP contribution in [0.15, 0.2) is 46.9 Å². The van der Waals surface area contributed by atoms with E-state index in [1.54, 1.807) is 18.2 Å². The Kier molecular flexibility index (Phi) is 6.19. The fraction of sp³-hybridized carbons (Fsp3) is 0.176. The molecular weight excluding hydrogens is 380 g/mol. The van der Waals surface area contributed by atoms with Gasteiger partial charge in [0.15, 0.2) is 0 Å². The molecule has 0 aliphatic heterocycles. The van der Waals surface area contributed by atoms with Crippen LogP contribution < -0.4 is 10.6 Å². The average Bonchev–Trinajstić information content (AvgIpc) is 2.49. The van der Waals surface area contributed by atoms with Crippen LogP contribution in [-0.2, 0) is 16.1 Å². The molecule has 2 aromatic carbocycles. The molecule has 0 spiro atoms. The number of aryl methyl sites for hydroxylation is 1. The van der Waals surface area contributed by atoms with Gasteiger partial charge in [-0.3, -0.25) is 9.59 Å². The van der Waals surface area contributed by atoms with Crippen LogP contribution in [0.5, 0.6) is 0 Å². The van der Waals surface area contributed by atoms with Gasteiger partial charge in [-0.15, -0.1) is 0 Å². The van der Waals surface area contributed by atoms with Gasteiger partial charge in [-0.1, -0.05) is 29.8 Å². The maximum absolute atomic E-state index is 11.9. The van der Waals surface area contributed by atoms with Gasteiger partial charge in [0.25, 0.3) is 0 Å². The molecule has 2 aromatic rings. The fourth-order valence-electron chi connectivity index (χ4n) is 1.93. The van der Waals surface area contributed by atoms with E-state index in [1.165, 1.54) is 0 Å². The van der Waals surface area contributed by atoms with Crippen molar-refractivity contribution in [1.82, 2.24) is 5.32 Å². The molecule has 4 nitrogen and oxygen atoms in total. The van der Waals surface area contributed by atoms with E-state index in [-0.39, 0.29) is 18.2 Å². The van der Waals surface area contributed by atoms with Gasteiger partial charge in [0, 0.05) is 16.0 Å². The molecule has 0 aliphatic carbocycles. The summed E-state index contributed by atoms with van der Waals surface area (Å²) in [6, 6.07) is 12.7. The highest BCUT2D eigenvalue weighted by Crippen LogP contribution is 2.23. The van der Waals surface area contributed by atoms with Crippen molar-refractivity contribution in [2.45, 2.75) is 19.9 Å². The van der Waals surface area contributed by atoms with Crippen LogP contribution >= 0.6 is 27.5 Å². The molecule has 6 heteroatoms. The minimum atomic E-state index is -0.358. The van der Waals surface area contributed by atoms with Crippen molar-refractivity contribution in [1.29, 1.82) is 0 Å². The quantitative estimate of drug-likeness (QED) is 0.750. The number of benzene rings is 2. The molecule has 2 rings (SSSR count). The molecule has 2 N–H and O–H groups in total. The Labute approximate surface area is 148 Å². The Hall–Kier alpha value is -1.85. The summed E-state index contributed by atoms with van der Waals surface area (Å²) in [7, 11) is 0. The van der Waals surface area contributed by atoms with E-state index in [0.29, 0.717) is 17.3 Å². The minimum Gasteiger partial charge on any atom is -0.352 e. The zero-order valence-corrected chi connectivity index (χ0v) is 14.9. The largest absolute Gasteiger partial charge is 0.352 e. The zero-order valence-electron chi connectivity index (χ0n) is 12.5. The Morgan fingerprint density at radius 3 is 2.43 bits per heavy atom. The molecule has 0 aromatic heterocycles. The number of hydrogen-bond acceptors (Lipinski definition) is 2. The highest BCUT2D eigenvalue weighted by molar-refractivity contribution is 9.10. The lowest BCUT2D eigenvalue weighted by atomic mass is 10.2. The number of amides is 2. The van der Waals surface area contributed by atoms with Gasteiger partial charge < -0.3 is 10.6 Å². The number of carbonyl (C=O) groups excluding carboxylic acids is 2. The Bertz CT molecular complexity index is 717. The van der Waals surface area contributed by atoms with Gasteiger partial charge in [-0.2, -0.15) is 0 Å². The standard InChI is InChI=1S/C17H16BrClN2O2/c1-11-2-7-15(14(18)8-11)21-17(23)9-16(22)20-10-12-3-5-13(19)6-4-12/h2-8H,9-10H2,1H3,(H,20,22)(H,21,23). The molecule has 0 atom stereocenters. The van der Waals surface area contributed by atoms with Crippen LogP contribution in [0.4, 0.5) is 5.69 Å². The fourth-order valence-corrected chi connectivity index (χ4v) is 2.65. The lowest BCUT2D eigenvalue weighted by Crippen LogP contribution is -2.27. The van der Waals surface area contributed by atoms with Gasteiger partial charge in [0.2, 0.25) is 11.8 Å². The molecule has 23 heavy (non-hydrogen) atoms. The minimum absolute atomic E-state index is 0.228. The summed E-state index contributed by atoms with van der Waals surface area (Å²) in [5.41, 5.74) is 2.64. The SMILES string of the molecule is Cc1ccc(NC(=O)CC(=O)NCc2ccc(Cl)cc2)c(Br)c1. The molecule has 0 bridgehead atoms. The summed E-state index contributed by atoms with van der Waals surface area (Å²) in [6.07, 6.45) is -0.228. The smallest absolute Gasteiger partial charge is 0.233 e. The molecule has 0 heterocycles. The molecule has 0 saturated carbocycles. The number of nitrogens with one attached hydrogen (secondary N) is 2. The third-order valence-corrected chi connectivity index (χ3v) is 4.03. The summed E-state index contributed by atoms with van der Waals surface area (Å²) >= 11 is 9.18. The lowest BCUT2D eigenvalue weighted by molar-refractivity contribution is -0.126. The molecule has 0 radical (unpaired) electrons. The number of rotatable bonds is 5. The molecule has 0 aliphatic rings. The first kappa shape index (κ1) is 17.5. The van der Waals surface area contributed by atoms with E-state index < -0.39 is 0 Å². The number of anilines is 1. The maximum atomic E-state index is 11.9. The zero-order chi connectivity index (χ0) is 16.8. The van der Waals surface area contributed by atoms with Crippen LogP contribution in [0.3, 0.4) is 0 Å². The van der Waals surface area contributed by atoms with Gasteiger partial charge >= 0.3 is 0 Å². The summed E-state index contributed by atoms with van der Waals surface area (Å²) in [4.78, 5) is 23.7. The second-order valence-electron chi connectivity index (χ2n) is 5.11. The summed E-state index contributed by atoms with van der Waals surface area (Å²) < 4.78 is 0.785. The monoisotopic (exact) mass is 394 g/mol. The molecule has 0 fully saturated rings. The Morgan fingerprint density at radius 1 is 1.09 bits per heavy atom. The van der Waals surface area contributed by atoms with E-state index in [1.807, 2.05) is 31.2 Å². The molecular formula is C17H16BrClN2O2. The summed E-state index contributed by atoms with van der Waals surface area (Å²) in [6.45, 7) is 2.32. The van der Waals surface area contributed by atoms with Crippen molar-refractivity contribution < 1.29 is 9.59 Å². The highest BCUT2D eigenvalue weighted by Gasteiger charge is 2.11. The van der Waals surface area contributed by atoms with E-state index >= 15 is 0 Å². The highest BCUT2D eigenvalue weighted by atomic mass is 79.9. The number of carbonyl (C=O) groups is 2. The Morgan fingerprint density at radius 2 is 1.78 bits per heavy atom. The van der Waals surface area contributed by atoms with Crippen molar-refractivity contribution in [3.63, 3.8) is 0 Å². The third kappa shape index (κ3) is 5.69. The van der Waals surface area contributed by atoms with Gasteiger partial charge in [-0.25, -0.2) is 0 Å². The van der Waals surface area contributed by atoms with Crippen LogP contribution in [0.25, 0.3) is 0 Å². The first-order valence-corrected chi connectivity index (χ1v) is 8.18. The number of halogens is 2. The van der Waals surface area contributed by atoms with Crippen molar-refractivity contribution in [2.24, 2.45) is 0 Å². The number of hydrogen-bond donors (Lipinski definition) is 2. The Balaban J connectivity index is 1.82.